The molecule has 1 fully saturated rings. The van der Waals surface area contributed by atoms with Gasteiger partial charge in [0.1, 0.15) is 12.4 Å². The topological polar surface area (TPSA) is 67.4 Å². The first-order chi connectivity index (χ1) is 13.2. The van der Waals surface area contributed by atoms with Crippen molar-refractivity contribution in [2.24, 2.45) is 5.92 Å². The second-order valence-electron chi connectivity index (χ2n) is 6.73. The molecule has 0 radical (unpaired) electrons. The molecule has 2 aromatic rings. The lowest BCUT2D eigenvalue weighted by Gasteiger charge is -2.12. The minimum Gasteiger partial charge on any atom is -0.491 e. The van der Waals surface area contributed by atoms with Gasteiger partial charge in [0.05, 0.1) is 6.54 Å². The quantitative estimate of drug-likeness (QED) is 0.635. The molecule has 5 heteroatoms. The summed E-state index contributed by atoms with van der Waals surface area (Å²) in [5.74, 6) is 1.13. The summed E-state index contributed by atoms with van der Waals surface area (Å²) in [6, 6.07) is 18.0. The Balaban J connectivity index is 1.34. The molecule has 2 N–H and O–H groups in total. The molecule has 0 unspecified atom stereocenters. The number of rotatable bonds is 10. The number of hydrogen-bond donors (Lipinski definition) is 2. The van der Waals surface area contributed by atoms with Crippen LogP contribution in [-0.2, 0) is 9.59 Å². The van der Waals surface area contributed by atoms with Crippen LogP contribution in [0.2, 0.25) is 0 Å². The van der Waals surface area contributed by atoms with Gasteiger partial charge >= 0.3 is 0 Å². The molecule has 0 bridgehead atoms. The number of carbonyl (C=O) groups excluding carboxylic acids is 2. The van der Waals surface area contributed by atoms with E-state index in [0.29, 0.717) is 32.5 Å². The average molecular weight is 366 g/mol. The maximum absolute atomic E-state index is 11.9. The van der Waals surface area contributed by atoms with Crippen LogP contribution in [0.3, 0.4) is 0 Å². The summed E-state index contributed by atoms with van der Waals surface area (Å²) in [6.45, 7) is 1.42. The van der Waals surface area contributed by atoms with E-state index in [1.807, 2.05) is 54.6 Å². The van der Waals surface area contributed by atoms with Crippen molar-refractivity contribution in [2.45, 2.75) is 25.7 Å². The Kier molecular flexibility index (Phi) is 6.85. The van der Waals surface area contributed by atoms with E-state index in [1.54, 1.807) is 0 Å². The molecule has 0 atom stereocenters. The Morgan fingerprint density at radius 2 is 1.67 bits per heavy atom. The maximum Gasteiger partial charge on any atom is 0.223 e. The van der Waals surface area contributed by atoms with E-state index in [0.717, 1.165) is 29.7 Å². The van der Waals surface area contributed by atoms with Crippen LogP contribution in [0, 0.1) is 5.92 Å². The predicted octanol–water partition coefficient (Wildman–Crippen LogP) is 3.16. The Morgan fingerprint density at radius 3 is 2.44 bits per heavy atom. The number of amides is 2. The molecule has 0 heterocycles. The number of hydrogen-bond acceptors (Lipinski definition) is 3. The summed E-state index contributed by atoms with van der Waals surface area (Å²) in [5.41, 5.74) is 2.14. The van der Waals surface area contributed by atoms with Crippen molar-refractivity contribution < 1.29 is 14.3 Å². The Morgan fingerprint density at radius 1 is 0.926 bits per heavy atom. The summed E-state index contributed by atoms with van der Waals surface area (Å²) in [7, 11) is 0. The first kappa shape index (κ1) is 19.0. The van der Waals surface area contributed by atoms with Gasteiger partial charge in [-0.2, -0.15) is 0 Å². The van der Waals surface area contributed by atoms with Crippen LogP contribution in [0.25, 0.3) is 11.1 Å². The molecule has 0 spiro atoms. The summed E-state index contributed by atoms with van der Waals surface area (Å²) >= 11 is 0. The predicted molar refractivity (Wildman–Crippen MR) is 105 cm³/mol. The first-order valence-corrected chi connectivity index (χ1v) is 9.55. The van der Waals surface area contributed by atoms with Gasteiger partial charge in [0.2, 0.25) is 11.8 Å². The van der Waals surface area contributed by atoms with Gasteiger partial charge in [-0.15, -0.1) is 0 Å². The Hall–Kier alpha value is -2.82. The highest BCUT2D eigenvalue weighted by Crippen LogP contribution is 2.29. The van der Waals surface area contributed by atoms with E-state index in [4.69, 9.17) is 4.74 Å². The van der Waals surface area contributed by atoms with Crippen molar-refractivity contribution in [1.82, 2.24) is 10.6 Å². The largest absolute Gasteiger partial charge is 0.491 e. The van der Waals surface area contributed by atoms with E-state index in [-0.39, 0.29) is 17.7 Å². The molecule has 27 heavy (non-hydrogen) atoms. The number of nitrogens with one attached hydrogen (secondary N) is 2. The van der Waals surface area contributed by atoms with Gasteiger partial charge < -0.3 is 15.4 Å². The van der Waals surface area contributed by atoms with E-state index < -0.39 is 0 Å². The lowest BCUT2D eigenvalue weighted by molar-refractivity contribution is -0.123. The number of para-hydroxylation sites is 1. The van der Waals surface area contributed by atoms with Gasteiger partial charge in [0, 0.05) is 24.4 Å². The molecule has 0 aliphatic heterocycles. The first-order valence-electron chi connectivity index (χ1n) is 9.55. The van der Waals surface area contributed by atoms with Crippen molar-refractivity contribution in [3.05, 3.63) is 54.6 Å². The van der Waals surface area contributed by atoms with Gasteiger partial charge in [0.15, 0.2) is 0 Å². The normalized spacial score (nSPS) is 13.0. The van der Waals surface area contributed by atoms with Crippen molar-refractivity contribution >= 4 is 11.8 Å². The van der Waals surface area contributed by atoms with Crippen LogP contribution >= 0.6 is 0 Å². The van der Waals surface area contributed by atoms with Crippen LogP contribution in [0.4, 0.5) is 0 Å². The fourth-order valence-corrected chi connectivity index (χ4v) is 2.84. The third-order valence-electron chi connectivity index (χ3n) is 4.48. The zero-order valence-electron chi connectivity index (χ0n) is 15.4. The van der Waals surface area contributed by atoms with Crippen LogP contribution in [0.15, 0.2) is 54.6 Å². The summed E-state index contributed by atoms with van der Waals surface area (Å²) in [4.78, 5) is 23.4. The van der Waals surface area contributed by atoms with E-state index >= 15 is 0 Å². The summed E-state index contributed by atoms with van der Waals surface area (Å²) in [6.07, 6.45) is 3.06. The molecule has 3 rings (SSSR count). The zero-order valence-corrected chi connectivity index (χ0v) is 15.4. The molecule has 142 valence electrons. The highest BCUT2D eigenvalue weighted by Gasteiger charge is 2.28. The third kappa shape index (κ3) is 6.13. The molecule has 0 saturated heterocycles. The molecule has 0 aromatic heterocycles. The minimum absolute atomic E-state index is 0.0179. The van der Waals surface area contributed by atoms with E-state index in [2.05, 4.69) is 10.6 Å². The molecule has 1 saturated carbocycles. The lowest BCUT2D eigenvalue weighted by atomic mass is 10.1. The standard InChI is InChI=1S/C22H26N2O3/c25-21(11-6-14-24-22(26)18-12-13-18)23-15-16-27-20-10-5-4-9-19(20)17-7-2-1-3-8-17/h1-5,7-10,18H,6,11-16H2,(H,23,25)(H,24,26). The van der Waals surface area contributed by atoms with E-state index in [1.165, 1.54) is 0 Å². The summed E-state index contributed by atoms with van der Waals surface area (Å²) in [5, 5.41) is 5.73. The SMILES string of the molecule is O=C(CCCNC(=O)C1CC1)NCCOc1ccccc1-c1ccccc1. The van der Waals surface area contributed by atoms with Gasteiger partial charge in [-0.1, -0.05) is 48.5 Å². The highest BCUT2D eigenvalue weighted by molar-refractivity contribution is 5.81. The Labute approximate surface area is 160 Å². The minimum atomic E-state index is -0.0179. The van der Waals surface area contributed by atoms with Gasteiger partial charge in [-0.3, -0.25) is 9.59 Å². The van der Waals surface area contributed by atoms with Gasteiger partial charge in [0.25, 0.3) is 0 Å². The molecule has 1 aliphatic carbocycles. The summed E-state index contributed by atoms with van der Waals surface area (Å²) < 4.78 is 5.86. The monoisotopic (exact) mass is 366 g/mol. The third-order valence-corrected chi connectivity index (χ3v) is 4.48. The van der Waals surface area contributed by atoms with Crippen LogP contribution in [-0.4, -0.2) is 31.5 Å². The molecular formula is C22H26N2O3. The average Bonchev–Trinajstić information content (AvgIpc) is 3.55. The highest BCUT2D eigenvalue weighted by atomic mass is 16.5. The molecular weight excluding hydrogens is 340 g/mol. The smallest absolute Gasteiger partial charge is 0.223 e. The lowest BCUT2D eigenvalue weighted by Crippen LogP contribution is -2.30. The molecule has 1 aliphatic rings. The fraction of sp³-hybridized carbons (Fsp3) is 0.364. The second kappa shape index (κ2) is 9.76. The van der Waals surface area contributed by atoms with Crippen LogP contribution in [0.1, 0.15) is 25.7 Å². The van der Waals surface area contributed by atoms with Crippen LogP contribution < -0.4 is 15.4 Å². The molecule has 2 aromatic carbocycles. The number of carbonyl (C=O) groups is 2. The van der Waals surface area contributed by atoms with Crippen molar-refractivity contribution in [2.75, 3.05) is 19.7 Å². The number of benzene rings is 2. The van der Waals surface area contributed by atoms with Crippen molar-refractivity contribution in [3.63, 3.8) is 0 Å². The van der Waals surface area contributed by atoms with Crippen molar-refractivity contribution in [3.8, 4) is 16.9 Å². The molecule has 2 amide bonds. The van der Waals surface area contributed by atoms with Crippen LogP contribution in [0.5, 0.6) is 5.75 Å². The van der Waals surface area contributed by atoms with E-state index in [9.17, 15) is 9.59 Å². The second-order valence-corrected chi connectivity index (χ2v) is 6.73. The van der Waals surface area contributed by atoms with Gasteiger partial charge in [-0.25, -0.2) is 0 Å². The maximum atomic E-state index is 11.9. The Bertz CT molecular complexity index is 757. The zero-order chi connectivity index (χ0) is 18.9. The fourth-order valence-electron chi connectivity index (χ4n) is 2.84. The van der Waals surface area contributed by atoms with Gasteiger partial charge in [-0.05, 0) is 30.9 Å². The van der Waals surface area contributed by atoms with Crippen molar-refractivity contribution in [1.29, 1.82) is 0 Å². The molecule has 5 nitrogen and oxygen atoms in total. The number of ether oxygens (including phenoxy) is 1.